The molecule has 0 aromatic carbocycles. The molecule has 0 bridgehead atoms. The summed E-state index contributed by atoms with van der Waals surface area (Å²) in [5.74, 6) is 0.313. The molecule has 40 valence electrons. The van der Waals surface area contributed by atoms with Crippen LogP contribution in [0, 0.1) is 0 Å². The van der Waals surface area contributed by atoms with Crippen molar-refractivity contribution in [3.05, 3.63) is 24.0 Å². The third-order valence-corrected chi connectivity index (χ3v) is 0.413. The number of hydrogen-bond donors (Lipinski definition) is 2. The van der Waals surface area contributed by atoms with Gasteiger partial charge in [0.15, 0.2) is 0 Å². The Labute approximate surface area is 43.5 Å². The second kappa shape index (κ2) is 2.29. The average molecular weight is 98.1 g/mol. The number of allylic oxidation sites excluding steroid dienone is 2. The highest BCUT2D eigenvalue weighted by Crippen LogP contribution is 1.86. The summed E-state index contributed by atoms with van der Waals surface area (Å²) in [4.78, 5) is 0. The SMILES string of the molecule is C=C(C)C=C(N)N. The molecule has 0 aromatic rings. The zero-order valence-corrected chi connectivity index (χ0v) is 4.44. The van der Waals surface area contributed by atoms with Gasteiger partial charge in [0.1, 0.15) is 0 Å². The van der Waals surface area contributed by atoms with Gasteiger partial charge in [0.25, 0.3) is 0 Å². The fourth-order valence-electron chi connectivity index (χ4n) is 0.285. The second-order valence-corrected chi connectivity index (χ2v) is 1.49. The van der Waals surface area contributed by atoms with Gasteiger partial charge in [-0.15, -0.1) is 0 Å². The Morgan fingerprint density at radius 3 is 2.00 bits per heavy atom. The highest BCUT2D eigenvalue weighted by atomic mass is 14.8. The fourth-order valence-corrected chi connectivity index (χ4v) is 0.285. The van der Waals surface area contributed by atoms with Gasteiger partial charge >= 0.3 is 0 Å². The van der Waals surface area contributed by atoms with Crippen LogP contribution < -0.4 is 11.5 Å². The van der Waals surface area contributed by atoms with E-state index in [1.54, 1.807) is 6.08 Å². The van der Waals surface area contributed by atoms with E-state index in [1.807, 2.05) is 6.92 Å². The van der Waals surface area contributed by atoms with Crippen LogP contribution in [0.2, 0.25) is 0 Å². The van der Waals surface area contributed by atoms with Gasteiger partial charge in [0.05, 0.1) is 5.82 Å². The highest BCUT2D eigenvalue weighted by Gasteiger charge is 1.74. The quantitative estimate of drug-likeness (QED) is 0.464. The smallest absolute Gasteiger partial charge is 0.0936 e. The maximum atomic E-state index is 5.07. The van der Waals surface area contributed by atoms with Crippen molar-refractivity contribution in [3.8, 4) is 0 Å². The normalized spacial score (nSPS) is 7.57. The van der Waals surface area contributed by atoms with Crippen LogP contribution in [0.1, 0.15) is 6.92 Å². The Balaban J connectivity index is 3.68. The van der Waals surface area contributed by atoms with Crippen molar-refractivity contribution < 1.29 is 0 Å². The molecule has 0 aliphatic carbocycles. The molecule has 2 heteroatoms. The van der Waals surface area contributed by atoms with Crippen LogP contribution in [0.4, 0.5) is 0 Å². The lowest BCUT2D eigenvalue weighted by molar-refractivity contribution is 1.23. The van der Waals surface area contributed by atoms with Crippen LogP contribution in [-0.2, 0) is 0 Å². The van der Waals surface area contributed by atoms with E-state index in [1.165, 1.54) is 0 Å². The molecule has 0 radical (unpaired) electrons. The minimum atomic E-state index is 0.313. The van der Waals surface area contributed by atoms with E-state index in [9.17, 15) is 0 Å². The standard InChI is InChI=1S/C5H10N2/c1-4(2)3-5(6)7/h3H,1,6-7H2,2H3. The summed E-state index contributed by atoms with van der Waals surface area (Å²) in [5, 5.41) is 0. The van der Waals surface area contributed by atoms with E-state index in [4.69, 9.17) is 11.5 Å². The van der Waals surface area contributed by atoms with Crippen LogP contribution in [0.5, 0.6) is 0 Å². The fraction of sp³-hybridized carbons (Fsp3) is 0.200. The van der Waals surface area contributed by atoms with E-state index < -0.39 is 0 Å². The molecule has 0 heterocycles. The first-order valence-corrected chi connectivity index (χ1v) is 2.01. The number of nitrogens with two attached hydrogens (primary N) is 2. The zero-order valence-electron chi connectivity index (χ0n) is 4.44. The van der Waals surface area contributed by atoms with Crippen molar-refractivity contribution in [1.29, 1.82) is 0 Å². The number of hydrogen-bond acceptors (Lipinski definition) is 2. The van der Waals surface area contributed by atoms with Crippen LogP contribution in [0.15, 0.2) is 24.0 Å². The lowest BCUT2D eigenvalue weighted by Gasteiger charge is -1.86. The summed E-state index contributed by atoms with van der Waals surface area (Å²) in [6.07, 6.45) is 1.61. The Hall–Kier alpha value is -0.920. The summed E-state index contributed by atoms with van der Waals surface area (Å²) in [7, 11) is 0. The van der Waals surface area contributed by atoms with E-state index in [2.05, 4.69) is 6.58 Å². The highest BCUT2D eigenvalue weighted by molar-refractivity contribution is 5.13. The minimum absolute atomic E-state index is 0.313. The van der Waals surface area contributed by atoms with Gasteiger partial charge in [-0.2, -0.15) is 0 Å². The number of rotatable bonds is 1. The Kier molecular flexibility index (Phi) is 1.99. The molecule has 0 spiro atoms. The van der Waals surface area contributed by atoms with Crippen LogP contribution in [0.25, 0.3) is 0 Å². The van der Waals surface area contributed by atoms with Crippen molar-refractivity contribution in [2.45, 2.75) is 6.92 Å². The molecule has 0 atom stereocenters. The van der Waals surface area contributed by atoms with Crippen molar-refractivity contribution in [2.75, 3.05) is 0 Å². The average Bonchev–Trinajstić information content (AvgIpc) is 1.27. The summed E-state index contributed by atoms with van der Waals surface area (Å²) < 4.78 is 0. The van der Waals surface area contributed by atoms with Crippen molar-refractivity contribution in [2.24, 2.45) is 11.5 Å². The molecular weight excluding hydrogens is 88.1 g/mol. The molecule has 0 rings (SSSR count). The largest absolute Gasteiger partial charge is 0.386 e. The molecule has 0 saturated carbocycles. The molecule has 0 fully saturated rings. The lowest BCUT2D eigenvalue weighted by atomic mass is 10.3. The van der Waals surface area contributed by atoms with Gasteiger partial charge in [-0.05, 0) is 13.0 Å². The molecule has 2 nitrogen and oxygen atoms in total. The van der Waals surface area contributed by atoms with Gasteiger partial charge < -0.3 is 11.5 Å². The Bertz CT molecular complexity index is 98.6. The van der Waals surface area contributed by atoms with E-state index >= 15 is 0 Å². The van der Waals surface area contributed by atoms with Gasteiger partial charge in [-0.1, -0.05) is 12.2 Å². The zero-order chi connectivity index (χ0) is 5.86. The molecule has 0 saturated heterocycles. The molecule has 0 aromatic heterocycles. The Morgan fingerprint density at radius 1 is 1.57 bits per heavy atom. The molecule has 0 unspecified atom stereocenters. The topological polar surface area (TPSA) is 52.0 Å². The van der Waals surface area contributed by atoms with E-state index in [-0.39, 0.29) is 0 Å². The molecule has 7 heavy (non-hydrogen) atoms. The molecular formula is C5H10N2. The molecule has 4 N–H and O–H groups in total. The summed E-state index contributed by atoms with van der Waals surface area (Å²) in [6.45, 7) is 5.39. The van der Waals surface area contributed by atoms with Gasteiger partial charge in [0, 0.05) is 0 Å². The minimum Gasteiger partial charge on any atom is -0.386 e. The van der Waals surface area contributed by atoms with Gasteiger partial charge in [0.2, 0.25) is 0 Å². The summed E-state index contributed by atoms with van der Waals surface area (Å²) in [6, 6.07) is 0. The van der Waals surface area contributed by atoms with Crippen molar-refractivity contribution in [1.82, 2.24) is 0 Å². The Morgan fingerprint density at radius 2 is 2.00 bits per heavy atom. The van der Waals surface area contributed by atoms with Gasteiger partial charge in [-0.25, -0.2) is 0 Å². The second-order valence-electron chi connectivity index (χ2n) is 1.49. The predicted octanol–water partition coefficient (Wildman–Crippen LogP) is 0.321. The molecule has 0 aliphatic rings. The van der Waals surface area contributed by atoms with Crippen LogP contribution in [0.3, 0.4) is 0 Å². The third-order valence-electron chi connectivity index (χ3n) is 0.413. The maximum absolute atomic E-state index is 5.07. The van der Waals surface area contributed by atoms with Crippen molar-refractivity contribution in [3.63, 3.8) is 0 Å². The van der Waals surface area contributed by atoms with E-state index in [0.717, 1.165) is 5.57 Å². The maximum Gasteiger partial charge on any atom is 0.0936 e. The summed E-state index contributed by atoms with van der Waals surface area (Å²) in [5.41, 5.74) is 11.0. The summed E-state index contributed by atoms with van der Waals surface area (Å²) >= 11 is 0. The first kappa shape index (κ1) is 6.08. The molecule has 0 amide bonds. The van der Waals surface area contributed by atoms with E-state index in [0.29, 0.717) is 5.82 Å². The first-order valence-electron chi connectivity index (χ1n) is 2.01. The monoisotopic (exact) mass is 98.1 g/mol. The van der Waals surface area contributed by atoms with Crippen LogP contribution in [-0.4, -0.2) is 0 Å². The molecule has 0 aliphatic heterocycles. The van der Waals surface area contributed by atoms with Gasteiger partial charge in [-0.3, -0.25) is 0 Å². The predicted molar refractivity (Wildman–Crippen MR) is 31.3 cm³/mol. The lowest BCUT2D eigenvalue weighted by Crippen LogP contribution is -2.07. The van der Waals surface area contributed by atoms with Crippen LogP contribution >= 0.6 is 0 Å². The third kappa shape index (κ3) is 5.08. The van der Waals surface area contributed by atoms with Crippen molar-refractivity contribution >= 4 is 0 Å². The first-order chi connectivity index (χ1) is 3.13.